The van der Waals surface area contributed by atoms with Crippen LogP contribution < -0.4 is 4.90 Å². The van der Waals surface area contributed by atoms with Gasteiger partial charge in [0.2, 0.25) is 0 Å². The summed E-state index contributed by atoms with van der Waals surface area (Å²) in [6.07, 6.45) is 3.91. The van der Waals surface area contributed by atoms with Crippen LogP contribution in [0.4, 0.5) is 5.69 Å². The van der Waals surface area contributed by atoms with Gasteiger partial charge in [-0.15, -0.1) is 0 Å². The molecule has 0 bridgehead atoms. The molecular formula is C17H24N2O7. The van der Waals surface area contributed by atoms with E-state index in [9.17, 15) is 19.2 Å². The van der Waals surface area contributed by atoms with Crippen molar-refractivity contribution in [2.75, 3.05) is 25.6 Å². The van der Waals surface area contributed by atoms with E-state index in [2.05, 4.69) is 14.5 Å². The fraction of sp³-hybridized carbons (Fsp3) is 0.471. The van der Waals surface area contributed by atoms with Crippen molar-refractivity contribution in [3.8, 4) is 0 Å². The number of aliphatic carboxylic acids is 1. The Balaban J connectivity index is 0.000000365. The lowest BCUT2D eigenvalue weighted by Gasteiger charge is -2.10. The third kappa shape index (κ3) is 12.5. The first kappa shape index (κ1) is 23.0. The highest BCUT2D eigenvalue weighted by molar-refractivity contribution is 5.92. The van der Waals surface area contributed by atoms with Crippen molar-refractivity contribution >= 4 is 29.6 Å². The average Bonchev–Trinajstić information content (AvgIpc) is 2.98. The SMILES string of the molecule is CCOC(=O)CCC(=O)O.CN(C)c1ccncc1.O=C1CCC(=O)O1. The molecule has 2 heterocycles. The number of carboxylic acid groups (broad SMARTS) is 1. The maximum Gasteiger partial charge on any atom is 0.314 e. The van der Waals surface area contributed by atoms with E-state index >= 15 is 0 Å². The van der Waals surface area contributed by atoms with Gasteiger partial charge in [-0.1, -0.05) is 0 Å². The molecule has 1 aromatic heterocycles. The number of carbonyl (C=O) groups excluding carboxylic acids is 3. The average molecular weight is 368 g/mol. The zero-order valence-corrected chi connectivity index (χ0v) is 15.1. The Morgan fingerprint density at radius 1 is 1.15 bits per heavy atom. The number of carboxylic acids is 1. The molecule has 0 spiro atoms. The standard InChI is InChI=1S/C7H10N2.C6H10O4.C4H4O3/c1-9(2)7-3-5-8-6-4-7;1-2-10-6(9)4-3-5(7)8;5-3-1-2-4(6)7-3/h3-6H,1-2H3;2-4H2,1H3,(H,7,8);1-2H2. The number of anilines is 1. The third-order valence-corrected chi connectivity index (χ3v) is 2.79. The summed E-state index contributed by atoms with van der Waals surface area (Å²) in [6.45, 7) is 1.98. The van der Waals surface area contributed by atoms with Crippen LogP contribution in [0.1, 0.15) is 32.6 Å². The van der Waals surface area contributed by atoms with Gasteiger partial charge in [0.05, 0.1) is 32.3 Å². The molecule has 1 fully saturated rings. The number of hydrogen-bond acceptors (Lipinski definition) is 8. The monoisotopic (exact) mass is 368 g/mol. The second kappa shape index (κ2) is 13.3. The second-order valence-electron chi connectivity index (χ2n) is 5.14. The van der Waals surface area contributed by atoms with Crippen LogP contribution in [0.3, 0.4) is 0 Å². The summed E-state index contributed by atoms with van der Waals surface area (Å²) in [5.41, 5.74) is 1.19. The van der Waals surface area contributed by atoms with E-state index in [1.165, 1.54) is 5.69 Å². The fourth-order valence-electron chi connectivity index (χ4n) is 1.52. The summed E-state index contributed by atoms with van der Waals surface area (Å²) in [7, 11) is 4.02. The van der Waals surface area contributed by atoms with Crippen molar-refractivity contribution in [2.24, 2.45) is 0 Å². The minimum absolute atomic E-state index is 0.0385. The number of ether oxygens (including phenoxy) is 2. The van der Waals surface area contributed by atoms with Gasteiger partial charge in [-0.2, -0.15) is 0 Å². The van der Waals surface area contributed by atoms with Crippen LogP contribution in [0.2, 0.25) is 0 Å². The molecule has 1 aliphatic heterocycles. The molecule has 1 N–H and O–H groups in total. The van der Waals surface area contributed by atoms with Crippen molar-refractivity contribution in [2.45, 2.75) is 32.6 Å². The molecule has 1 aliphatic rings. The molecule has 0 aromatic carbocycles. The van der Waals surface area contributed by atoms with Crippen molar-refractivity contribution < 1.29 is 33.8 Å². The van der Waals surface area contributed by atoms with Gasteiger partial charge in [0, 0.05) is 32.2 Å². The smallest absolute Gasteiger partial charge is 0.314 e. The Morgan fingerprint density at radius 2 is 1.69 bits per heavy atom. The maximum absolute atomic E-state index is 10.5. The number of nitrogens with zero attached hydrogens (tertiary/aromatic N) is 2. The van der Waals surface area contributed by atoms with Crippen LogP contribution >= 0.6 is 0 Å². The third-order valence-electron chi connectivity index (χ3n) is 2.79. The summed E-state index contributed by atoms with van der Waals surface area (Å²) in [4.78, 5) is 46.3. The molecule has 0 atom stereocenters. The van der Waals surface area contributed by atoms with E-state index in [-0.39, 0.29) is 25.7 Å². The number of carbonyl (C=O) groups is 4. The zero-order valence-electron chi connectivity index (χ0n) is 15.1. The van der Waals surface area contributed by atoms with Gasteiger partial charge < -0.3 is 19.5 Å². The summed E-state index contributed by atoms with van der Waals surface area (Å²) in [6, 6.07) is 3.94. The first-order valence-corrected chi connectivity index (χ1v) is 7.94. The molecule has 0 amide bonds. The number of hydrogen-bond donors (Lipinski definition) is 1. The minimum atomic E-state index is -0.979. The molecule has 0 unspecified atom stereocenters. The maximum atomic E-state index is 10.5. The van der Waals surface area contributed by atoms with Crippen molar-refractivity contribution in [1.29, 1.82) is 0 Å². The van der Waals surface area contributed by atoms with Gasteiger partial charge in [-0.3, -0.25) is 24.2 Å². The summed E-state index contributed by atoms with van der Waals surface area (Å²) in [5, 5.41) is 8.12. The number of rotatable bonds is 5. The second-order valence-corrected chi connectivity index (χ2v) is 5.14. The molecule has 9 heteroatoms. The molecular weight excluding hydrogens is 344 g/mol. The van der Waals surface area contributed by atoms with Crippen LogP contribution in [0.25, 0.3) is 0 Å². The first-order valence-electron chi connectivity index (χ1n) is 7.94. The molecule has 0 radical (unpaired) electrons. The van der Waals surface area contributed by atoms with Gasteiger partial charge in [0.15, 0.2) is 0 Å². The van der Waals surface area contributed by atoms with E-state index < -0.39 is 23.9 Å². The molecule has 144 valence electrons. The molecule has 2 rings (SSSR count). The van der Waals surface area contributed by atoms with Crippen molar-refractivity contribution in [3.05, 3.63) is 24.5 Å². The van der Waals surface area contributed by atoms with E-state index in [0.717, 1.165) is 0 Å². The lowest BCUT2D eigenvalue weighted by Crippen LogP contribution is -2.07. The Hall–Kier alpha value is -2.97. The Labute approximate surface area is 151 Å². The predicted octanol–water partition coefficient (Wildman–Crippen LogP) is 1.41. The summed E-state index contributed by atoms with van der Waals surface area (Å²) in [5.74, 6) is -2.23. The Bertz CT molecular complexity index is 574. The predicted molar refractivity (Wildman–Crippen MR) is 92.4 cm³/mol. The normalized spacial score (nSPS) is 12.0. The molecule has 1 aromatic rings. The van der Waals surface area contributed by atoms with Crippen LogP contribution in [-0.4, -0.2) is 54.7 Å². The van der Waals surface area contributed by atoms with Crippen molar-refractivity contribution in [3.63, 3.8) is 0 Å². The highest BCUT2D eigenvalue weighted by Gasteiger charge is 2.19. The van der Waals surface area contributed by atoms with E-state index in [1.54, 1.807) is 19.3 Å². The Morgan fingerprint density at radius 3 is 2.00 bits per heavy atom. The largest absolute Gasteiger partial charge is 0.481 e. The number of esters is 3. The summed E-state index contributed by atoms with van der Waals surface area (Å²) >= 11 is 0. The first-order chi connectivity index (χ1) is 12.3. The molecule has 0 saturated carbocycles. The van der Waals surface area contributed by atoms with E-state index in [4.69, 9.17) is 5.11 Å². The lowest BCUT2D eigenvalue weighted by molar-refractivity contribution is -0.152. The number of cyclic esters (lactones) is 2. The summed E-state index contributed by atoms with van der Waals surface area (Å²) < 4.78 is 8.57. The van der Waals surface area contributed by atoms with Gasteiger partial charge in [-0.05, 0) is 19.1 Å². The lowest BCUT2D eigenvalue weighted by atomic mass is 10.3. The molecule has 9 nitrogen and oxygen atoms in total. The topological polar surface area (TPSA) is 123 Å². The highest BCUT2D eigenvalue weighted by Crippen LogP contribution is 2.05. The number of aromatic nitrogens is 1. The highest BCUT2D eigenvalue weighted by atomic mass is 16.6. The van der Waals surface area contributed by atoms with Crippen LogP contribution in [-0.2, 0) is 28.7 Å². The van der Waals surface area contributed by atoms with E-state index in [0.29, 0.717) is 6.61 Å². The van der Waals surface area contributed by atoms with Gasteiger partial charge in [0.1, 0.15) is 0 Å². The van der Waals surface area contributed by atoms with Crippen LogP contribution in [0, 0.1) is 0 Å². The van der Waals surface area contributed by atoms with E-state index in [1.807, 2.05) is 31.1 Å². The fourth-order valence-corrected chi connectivity index (χ4v) is 1.52. The van der Waals surface area contributed by atoms with Crippen LogP contribution in [0.5, 0.6) is 0 Å². The zero-order chi connectivity index (χ0) is 19.9. The van der Waals surface area contributed by atoms with Gasteiger partial charge in [0.25, 0.3) is 0 Å². The van der Waals surface area contributed by atoms with Crippen molar-refractivity contribution in [1.82, 2.24) is 4.98 Å². The van der Waals surface area contributed by atoms with Crippen LogP contribution in [0.15, 0.2) is 24.5 Å². The molecule has 1 saturated heterocycles. The Kier molecular flexibility index (Phi) is 11.8. The van der Waals surface area contributed by atoms with Gasteiger partial charge in [-0.25, -0.2) is 0 Å². The minimum Gasteiger partial charge on any atom is -0.481 e. The van der Waals surface area contributed by atoms with Gasteiger partial charge >= 0.3 is 23.9 Å². The number of pyridine rings is 1. The quantitative estimate of drug-likeness (QED) is 0.607. The molecule has 26 heavy (non-hydrogen) atoms. The molecule has 0 aliphatic carbocycles.